The first-order chi connectivity index (χ1) is 18.2. The molecule has 2 aliphatic carbocycles. The Labute approximate surface area is 220 Å². The molecule has 4 N–H and O–H groups in total. The fourth-order valence-corrected chi connectivity index (χ4v) is 5.21. The number of hydrogen-bond donors (Lipinski definition) is 4. The molecule has 3 aromatic rings. The molecule has 0 unspecified atom stereocenters. The summed E-state index contributed by atoms with van der Waals surface area (Å²) >= 11 is 0. The van der Waals surface area contributed by atoms with Crippen molar-refractivity contribution < 1.29 is 23.8 Å². The number of aromatic nitrogens is 3. The topological polar surface area (TPSA) is 129 Å². The Balaban J connectivity index is 1.36. The first-order valence-electron chi connectivity index (χ1n) is 13.3. The number of nitrogens with one attached hydrogen (secondary N) is 3. The summed E-state index contributed by atoms with van der Waals surface area (Å²) in [7, 11) is 0. The number of hydrogen-bond acceptors (Lipinski definition) is 6. The van der Waals surface area contributed by atoms with Crippen molar-refractivity contribution in [2.75, 3.05) is 6.61 Å². The Morgan fingerprint density at radius 1 is 1.21 bits per heavy atom. The number of H-pyrrole nitrogens is 1. The van der Waals surface area contributed by atoms with E-state index >= 15 is 0 Å². The van der Waals surface area contributed by atoms with Crippen LogP contribution in [0.4, 0.5) is 4.39 Å². The van der Waals surface area contributed by atoms with E-state index in [-0.39, 0.29) is 29.8 Å². The molecule has 0 saturated heterocycles. The molecule has 2 amide bonds. The van der Waals surface area contributed by atoms with Crippen LogP contribution in [0.3, 0.4) is 0 Å². The van der Waals surface area contributed by atoms with Gasteiger partial charge in [-0.05, 0) is 76.0 Å². The van der Waals surface area contributed by atoms with Gasteiger partial charge in [-0.25, -0.2) is 14.4 Å². The van der Waals surface area contributed by atoms with Gasteiger partial charge in [-0.2, -0.15) is 0 Å². The van der Waals surface area contributed by atoms with Crippen molar-refractivity contribution in [2.24, 2.45) is 11.8 Å². The largest absolute Gasteiger partial charge is 0.493 e. The number of ether oxygens (including phenoxy) is 1. The van der Waals surface area contributed by atoms with E-state index in [1.807, 2.05) is 13.8 Å². The number of carbonyl (C=O) groups is 2. The molecule has 0 aliphatic heterocycles. The van der Waals surface area contributed by atoms with E-state index in [0.717, 1.165) is 12.8 Å². The summed E-state index contributed by atoms with van der Waals surface area (Å²) in [5, 5.41) is 15.5. The van der Waals surface area contributed by atoms with Crippen LogP contribution in [-0.4, -0.2) is 56.7 Å². The minimum Gasteiger partial charge on any atom is -0.493 e. The summed E-state index contributed by atoms with van der Waals surface area (Å²) in [6.45, 7) is 5.86. The van der Waals surface area contributed by atoms with E-state index in [1.165, 1.54) is 25.4 Å². The summed E-state index contributed by atoms with van der Waals surface area (Å²) in [6.07, 6.45) is 4.71. The number of amides is 2. The van der Waals surface area contributed by atoms with Gasteiger partial charge in [0.05, 0.1) is 17.7 Å². The number of aliphatic hydroxyl groups is 1. The number of aliphatic hydroxyl groups excluding tert-OH is 1. The summed E-state index contributed by atoms with van der Waals surface area (Å²) in [6, 6.07) is 4.28. The van der Waals surface area contributed by atoms with Gasteiger partial charge in [0.1, 0.15) is 35.2 Å². The Bertz CT molecular complexity index is 1350. The predicted molar refractivity (Wildman–Crippen MR) is 140 cm³/mol. The van der Waals surface area contributed by atoms with Crippen molar-refractivity contribution in [2.45, 2.75) is 71.1 Å². The van der Waals surface area contributed by atoms with Crippen LogP contribution in [-0.2, 0) is 4.79 Å². The van der Waals surface area contributed by atoms with Gasteiger partial charge in [-0.1, -0.05) is 6.92 Å². The number of carbonyl (C=O) groups excluding carboxylic acids is 2. The van der Waals surface area contributed by atoms with Crippen LogP contribution >= 0.6 is 0 Å². The van der Waals surface area contributed by atoms with Crippen LogP contribution in [0.15, 0.2) is 24.5 Å². The highest BCUT2D eigenvalue weighted by Gasteiger charge is 2.31. The number of nitrogens with zero attached hydrogens (tertiary/aromatic N) is 2. The van der Waals surface area contributed by atoms with E-state index in [4.69, 9.17) is 4.74 Å². The fourth-order valence-electron chi connectivity index (χ4n) is 5.21. The smallest absolute Gasteiger partial charge is 0.255 e. The van der Waals surface area contributed by atoms with E-state index in [0.29, 0.717) is 71.1 Å². The highest BCUT2D eigenvalue weighted by molar-refractivity contribution is 6.09. The van der Waals surface area contributed by atoms with E-state index in [2.05, 4.69) is 25.6 Å². The molecule has 2 fully saturated rings. The molecule has 5 rings (SSSR count). The first kappa shape index (κ1) is 26.1. The molecule has 202 valence electrons. The molecule has 2 aliphatic rings. The minimum absolute atomic E-state index is 0.0435. The average Bonchev–Trinajstić information content (AvgIpc) is 3.64. The summed E-state index contributed by atoms with van der Waals surface area (Å²) in [5.41, 5.74) is 3.08. The predicted octanol–water partition coefficient (Wildman–Crippen LogP) is 3.65. The van der Waals surface area contributed by atoms with Crippen molar-refractivity contribution in [3.63, 3.8) is 0 Å². The van der Waals surface area contributed by atoms with E-state index < -0.39 is 11.9 Å². The Hall–Kier alpha value is -3.53. The molecule has 1 aromatic carbocycles. The van der Waals surface area contributed by atoms with Gasteiger partial charge in [0, 0.05) is 23.3 Å². The zero-order valence-electron chi connectivity index (χ0n) is 21.9. The van der Waals surface area contributed by atoms with Crippen molar-refractivity contribution in [1.82, 2.24) is 25.6 Å². The Kier molecular flexibility index (Phi) is 7.34. The molecule has 4 atom stereocenters. The van der Waals surface area contributed by atoms with E-state index in [9.17, 15) is 19.1 Å². The molecule has 10 heteroatoms. The van der Waals surface area contributed by atoms with Gasteiger partial charge in [-0.3, -0.25) is 9.59 Å². The van der Waals surface area contributed by atoms with Crippen LogP contribution in [0, 0.1) is 24.6 Å². The second-order valence-electron chi connectivity index (χ2n) is 10.7. The number of aryl methyl sites for hydroxylation is 1. The van der Waals surface area contributed by atoms with Crippen molar-refractivity contribution in [1.29, 1.82) is 0 Å². The van der Waals surface area contributed by atoms with Gasteiger partial charge in [0.2, 0.25) is 5.91 Å². The van der Waals surface area contributed by atoms with Gasteiger partial charge < -0.3 is 25.5 Å². The molecular weight excluding hydrogens is 489 g/mol. The Morgan fingerprint density at radius 2 is 2.00 bits per heavy atom. The lowest BCUT2D eigenvalue weighted by Crippen LogP contribution is -2.49. The van der Waals surface area contributed by atoms with Crippen LogP contribution in [0.1, 0.15) is 62.0 Å². The third-order valence-electron chi connectivity index (χ3n) is 7.58. The minimum atomic E-state index is -1.05. The maximum absolute atomic E-state index is 14.3. The monoisotopic (exact) mass is 523 g/mol. The number of halogens is 1. The normalized spacial score (nSPS) is 22.2. The molecule has 9 nitrogen and oxygen atoms in total. The second-order valence-corrected chi connectivity index (χ2v) is 10.7. The molecule has 0 bridgehead atoms. The quantitative estimate of drug-likeness (QED) is 0.357. The molecule has 2 heterocycles. The molecule has 38 heavy (non-hydrogen) atoms. The maximum Gasteiger partial charge on any atom is 0.255 e. The van der Waals surface area contributed by atoms with Crippen molar-refractivity contribution >= 4 is 22.8 Å². The van der Waals surface area contributed by atoms with Crippen LogP contribution in [0.2, 0.25) is 0 Å². The first-order valence-corrected chi connectivity index (χ1v) is 13.3. The SMILES string of the molecule is Cc1[nH]c2c(-c3cc(F)ccc3OCC3CC3)ncnc2c1C(=O)N[C@H]1CC[C@H](NC(=O)[C@H](C)O)[C@H](C)C1. The van der Waals surface area contributed by atoms with Crippen LogP contribution in [0.5, 0.6) is 5.75 Å². The van der Waals surface area contributed by atoms with Crippen molar-refractivity contribution in [3.05, 3.63) is 41.6 Å². The average molecular weight is 524 g/mol. The lowest BCUT2D eigenvalue weighted by Gasteiger charge is -2.35. The van der Waals surface area contributed by atoms with Gasteiger partial charge in [-0.15, -0.1) is 0 Å². The van der Waals surface area contributed by atoms with Gasteiger partial charge in [0.25, 0.3) is 5.91 Å². The third kappa shape index (κ3) is 5.50. The zero-order chi connectivity index (χ0) is 27.0. The summed E-state index contributed by atoms with van der Waals surface area (Å²) < 4.78 is 20.3. The fraction of sp³-hybridized carbons (Fsp3) is 0.500. The Morgan fingerprint density at radius 3 is 2.71 bits per heavy atom. The molecule has 2 saturated carbocycles. The standard InChI is InChI=1S/C28H34FN5O4/c1-14-10-19(7-8-21(14)34-27(36)16(3)35)33-28(37)23-15(2)32-26-24(30-13-31-25(23)26)20-11-18(29)6-9-22(20)38-12-17-4-5-17/h6,9,11,13-14,16-17,19,21,32,35H,4-5,7-8,10,12H2,1-3H3,(H,33,37)(H,34,36)/t14-,16+,19+,21+/m1/s1. The molecule has 2 aromatic heterocycles. The molecule has 0 radical (unpaired) electrons. The van der Waals surface area contributed by atoms with Gasteiger partial charge in [0.15, 0.2) is 0 Å². The number of benzene rings is 1. The molecular formula is C28H34FN5O4. The molecule has 0 spiro atoms. The lowest BCUT2D eigenvalue weighted by atomic mass is 9.82. The second kappa shape index (κ2) is 10.7. The lowest BCUT2D eigenvalue weighted by molar-refractivity contribution is -0.129. The number of aromatic amines is 1. The summed E-state index contributed by atoms with van der Waals surface area (Å²) in [4.78, 5) is 37.4. The van der Waals surface area contributed by atoms with Gasteiger partial charge >= 0.3 is 0 Å². The van der Waals surface area contributed by atoms with Crippen molar-refractivity contribution in [3.8, 4) is 17.0 Å². The van der Waals surface area contributed by atoms with Crippen LogP contribution < -0.4 is 15.4 Å². The maximum atomic E-state index is 14.3. The zero-order valence-corrected chi connectivity index (χ0v) is 21.9. The number of rotatable bonds is 8. The highest BCUT2D eigenvalue weighted by atomic mass is 19.1. The summed E-state index contributed by atoms with van der Waals surface area (Å²) in [5.74, 6) is 0.191. The number of fused-ring (bicyclic) bond motifs is 1. The van der Waals surface area contributed by atoms with Crippen LogP contribution in [0.25, 0.3) is 22.3 Å². The highest BCUT2D eigenvalue weighted by Crippen LogP contribution is 2.37. The third-order valence-corrected chi connectivity index (χ3v) is 7.58. The van der Waals surface area contributed by atoms with E-state index in [1.54, 1.807) is 6.07 Å².